The predicted molar refractivity (Wildman–Crippen MR) is 97.8 cm³/mol. The van der Waals surface area contributed by atoms with Crippen molar-refractivity contribution in [2.45, 2.75) is 13.8 Å². The maximum atomic E-state index is 12.8. The molecule has 2 aromatic rings. The van der Waals surface area contributed by atoms with E-state index in [-0.39, 0.29) is 5.91 Å². The number of carbonyl (C=O) groups is 1. The van der Waals surface area contributed by atoms with E-state index in [2.05, 4.69) is 5.10 Å². The number of carbonyl (C=O) groups excluding carboxylic acids is 1. The lowest BCUT2D eigenvalue weighted by Crippen LogP contribution is -2.22. The van der Waals surface area contributed by atoms with Crippen LogP contribution in [0.5, 0.6) is 5.75 Å². The van der Waals surface area contributed by atoms with Gasteiger partial charge in [0.1, 0.15) is 5.75 Å². The normalized spacial score (nSPS) is 15.8. The summed E-state index contributed by atoms with van der Waals surface area (Å²) in [7, 11) is 1.61. The molecule has 0 saturated heterocycles. The zero-order chi connectivity index (χ0) is 17.3. The van der Waals surface area contributed by atoms with Crippen LogP contribution < -0.4 is 9.75 Å². The van der Waals surface area contributed by atoms with Crippen LogP contribution in [0.25, 0.3) is 6.08 Å². The largest absolute Gasteiger partial charge is 0.497 e. The van der Waals surface area contributed by atoms with E-state index in [0.717, 1.165) is 16.9 Å². The van der Waals surface area contributed by atoms with Crippen molar-refractivity contribution in [1.29, 1.82) is 0 Å². The van der Waals surface area contributed by atoms with Crippen molar-refractivity contribution < 1.29 is 9.53 Å². The first-order valence-corrected chi connectivity index (χ1v) is 7.90. The van der Waals surface area contributed by atoms with Gasteiger partial charge in [-0.15, -0.1) is 0 Å². The molecule has 0 radical (unpaired) electrons. The first-order chi connectivity index (χ1) is 11.5. The monoisotopic (exact) mass is 340 g/mol. The molecule has 0 aromatic heterocycles. The number of hydrogen-bond acceptors (Lipinski definition) is 3. The maximum Gasteiger partial charge on any atom is 0.280 e. The van der Waals surface area contributed by atoms with E-state index in [4.69, 9.17) is 16.3 Å². The summed E-state index contributed by atoms with van der Waals surface area (Å²) in [5.74, 6) is 0.576. The highest BCUT2D eigenvalue weighted by Gasteiger charge is 2.29. The number of hydrazone groups is 1. The summed E-state index contributed by atoms with van der Waals surface area (Å²) in [6.07, 6.45) is 1.82. The van der Waals surface area contributed by atoms with E-state index in [1.165, 1.54) is 5.01 Å². The third-order valence-corrected chi connectivity index (χ3v) is 4.34. The van der Waals surface area contributed by atoms with Crippen molar-refractivity contribution in [1.82, 2.24) is 0 Å². The number of anilines is 1. The van der Waals surface area contributed by atoms with Crippen molar-refractivity contribution in [2.75, 3.05) is 12.1 Å². The van der Waals surface area contributed by atoms with Gasteiger partial charge in [0.15, 0.2) is 0 Å². The molecular weight excluding hydrogens is 324 g/mol. The number of nitrogens with zero attached hydrogens (tertiary/aromatic N) is 2. The zero-order valence-electron chi connectivity index (χ0n) is 13.7. The number of amides is 1. The van der Waals surface area contributed by atoms with E-state index < -0.39 is 0 Å². The van der Waals surface area contributed by atoms with Gasteiger partial charge in [-0.3, -0.25) is 4.79 Å². The number of benzene rings is 2. The van der Waals surface area contributed by atoms with E-state index in [1.54, 1.807) is 13.2 Å². The summed E-state index contributed by atoms with van der Waals surface area (Å²) in [5, 5.41) is 6.42. The maximum absolute atomic E-state index is 12.8. The minimum Gasteiger partial charge on any atom is -0.497 e. The molecule has 1 aliphatic heterocycles. The number of methoxy groups -OCH3 is 1. The molecule has 0 saturated carbocycles. The Morgan fingerprint density at radius 1 is 1.17 bits per heavy atom. The molecular formula is C19H17ClN2O2. The Balaban J connectivity index is 1.98. The van der Waals surface area contributed by atoms with Gasteiger partial charge in [0.25, 0.3) is 5.91 Å². The molecule has 1 aliphatic rings. The average molecular weight is 341 g/mol. The van der Waals surface area contributed by atoms with E-state index in [9.17, 15) is 4.79 Å². The fourth-order valence-electron chi connectivity index (χ4n) is 2.57. The van der Waals surface area contributed by atoms with Crippen molar-refractivity contribution >= 4 is 35.0 Å². The first-order valence-electron chi connectivity index (χ1n) is 7.52. The Bertz CT molecular complexity index is 871. The topological polar surface area (TPSA) is 41.9 Å². The second-order valence-electron chi connectivity index (χ2n) is 5.52. The van der Waals surface area contributed by atoms with Crippen LogP contribution in [0.3, 0.4) is 0 Å². The van der Waals surface area contributed by atoms with E-state index in [1.807, 2.05) is 56.3 Å². The van der Waals surface area contributed by atoms with Gasteiger partial charge in [0, 0.05) is 5.02 Å². The highest BCUT2D eigenvalue weighted by molar-refractivity contribution is 6.34. The Morgan fingerprint density at radius 3 is 2.67 bits per heavy atom. The number of ether oxygens (including phenoxy) is 1. The number of rotatable bonds is 3. The third kappa shape index (κ3) is 2.93. The lowest BCUT2D eigenvalue weighted by atomic mass is 10.1. The zero-order valence-corrected chi connectivity index (χ0v) is 14.5. The van der Waals surface area contributed by atoms with E-state index >= 15 is 0 Å². The standard InChI is InChI=1S/C19H17ClN2O2/c1-12-17(20)8-5-9-18(12)22-19(23)16(13(2)21-22)11-14-6-4-7-15(10-14)24-3/h4-11H,1-3H3/b16-11-. The molecule has 1 amide bonds. The van der Waals surface area contributed by atoms with Crippen LogP contribution in [-0.2, 0) is 4.79 Å². The number of halogens is 1. The Kier molecular flexibility index (Phi) is 4.40. The van der Waals surface area contributed by atoms with Crippen molar-refractivity contribution in [2.24, 2.45) is 5.10 Å². The summed E-state index contributed by atoms with van der Waals surface area (Å²) >= 11 is 6.16. The first kappa shape index (κ1) is 16.3. The van der Waals surface area contributed by atoms with Crippen LogP contribution in [0, 0.1) is 6.92 Å². The van der Waals surface area contributed by atoms with Crippen LogP contribution in [-0.4, -0.2) is 18.7 Å². The third-order valence-electron chi connectivity index (χ3n) is 3.93. The smallest absolute Gasteiger partial charge is 0.280 e. The molecule has 0 atom stereocenters. The molecule has 122 valence electrons. The van der Waals surface area contributed by atoms with Gasteiger partial charge < -0.3 is 4.74 Å². The summed E-state index contributed by atoms with van der Waals surface area (Å²) in [4.78, 5) is 12.8. The Labute approximate surface area is 146 Å². The molecule has 0 aliphatic carbocycles. The molecule has 0 spiro atoms. The molecule has 1 heterocycles. The molecule has 0 unspecified atom stereocenters. The quantitative estimate of drug-likeness (QED) is 0.774. The van der Waals surface area contributed by atoms with Crippen LogP contribution in [0.1, 0.15) is 18.1 Å². The molecule has 24 heavy (non-hydrogen) atoms. The minimum absolute atomic E-state index is 0.166. The fraction of sp³-hybridized carbons (Fsp3) is 0.158. The molecule has 4 nitrogen and oxygen atoms in total. The molecule has 3 rings (SSSR count). The Morgan fingerprint density at radius 2 is 1.92 bits per heavy atom. The predicted octanol–water partition coefficient (Wildman–Crippen LogP) is 4.46. The lowest BCUT2D eigenvalue weighted by molar-refractivity contribution is -0.114. The Hall–Kier alpha value is -2.59. The minimum atomic E-state index is -0.166. The molecule has 0 bridgehead atoms. The highest BCUT2D eigenvalue weighted by Crippen LogP contribution is 2.31. The van der Waals surface area contributed by atoms with Gasteiger partial charge in [-0.25, -0.2) is 0 Å². The van der Waals surface area contributed by atoms with Gasteiger partial charge in [-0.1, -0.05) is 29.8 Å². The van der Waals surface area contributed by atoms with E-state index in [0.29, 0.717) is 22.0 Å². The van der Waals surface area contributed by atoms with Crippen LogP contribution >= 0.6 is 11.6 Å². The van der Waals surface area contributed by atoms with Gasteiger partial charge in [0.05, 0.1) is 24.1 Å². The van der Waals surface area contributed by atoms with Gasteiger partial charge >= 0.3 is 0 Å². The summed E-state index contributed by atoms with van der Waals surface area (Å²) < 4.78 is 5.22. The molecule has 0 N–H and O–H groups in total. The molecule has 2 aromatic carbocycles. The molecule has 5 heteroatoms. The van der Waals surface area contributed by atoms with Crippen molar-refractivity contribution in [3.8, 4) is 5.75 Å². The summed E-state index contributed by atoms with van der Waals surface area (Å²) in [6.45, 7) is 3.70. The van der Waals surface area contributed by atoms with Gasteiger partial charge in [-0.05, 0) is 55.3 Å². The highest BCUT2D eigenvalue weighted by atomic mass is 35.5. The number of hydrogen-bond donors (Lipinski definition) is 0. The SMILES string of the molecule is COc1cccc(/C=C2\C(=O)N(c3cccc(Cl)c3C)N=C2C)c1. The van der Waals surface area contributed by atoms with Gasteiger partial charge in [0.2, 0.25) is 0 Å². The lowest BCUT2D eigenvalue weighted by Gasteiger charge is -2.15. The van der Waals surface area contributed by atoms with Crippen molar-refractivity contribution in [3.05, 3.63) is 64.2 Å². The summed E-state index contributed by atoms with van der Waals surface area (Å²) in [5.41, 5.74) is 3.63. The average Bonchev–Trinajstić information content (AvgIpc) is 2.85. The second-order valence-corrected chi connectivity index (χ2v) is 5.93. The van der Waals surface area contributed by atoms with Crippen LogP contribution in [0.15, 0.2) is 53.1 Å². The van der Waals surface area contributed by atoms with Crippen molar-refractivity contribution in [3.63, 3.8) is 0 Å². The fourth-order valence-corrected chi connectivity index (χ4v) is 2.74. The van der Waals surface area contributed by atoms with Crippen LogP contribution in [0.4, 0.5) is 5.69 Å². The molecule has 0 fully saturated rings. The van der Waals surface area contributed by atoms with Gasteiger partial charge in [-0.2, -0.15) is 10.1 Å². The second kappa shape index (κ2) is 6.49. The van der Waals surface area contributed by atoms with Crippen LogP contribution in [0.2, 0.25) is 5.02 Å². The summed E-state index contributed by atoms with van der Waals surface area (Å²) in [6, 6.07) is 13.0.